The predicted octanol–water partition coefficient (Wildman–Crippen LogP) is 2.87. The molecule has 32 heavy (non-hydrogen) atoms. The summed E-state index contributed by atoms with van der Waals surface area (Å²) >= 11 is 5.79. The third-order valence-electron chi connectivity index (χ3n) is 7.33. The summed E-state index contributed by atoms with van der Waals surface area (Å²) in [5, 5.41) is 13.2. The van der Waals surface area contributed by atoms with Crippen molar-refractivity contribution < 1.29 is 19.1 Å². The van der Waals surface area contributed by atoms with E-state index in [0.717, 1.165) is 0 Å². The number of rotatable bonds is 3. The van der Waals surface area contributed by atoms with E-state index in [1.165, 1.54) is 12.1 Å². The molecule has 168 valence electrons. The van der Waals surface area contributed by atoms with E-state index in [1.807, 2.05) is 0 Å². The van der Waals surface area contributed by atoms with E-state index < -0.39 is 22.9 Å². The Hall–Kier alpha value is -2.87. The van der Waals surface area contributed by atoms with Gasteiger partial charge in [-0.05, 0) is 30.7 Å². The van der Waals surface area contributed by atoms with Gasteiger partial charge in [-0.3, -0.25) is 14.4 Å². The number of nitrogens with zero attached hydrogens (tertiary/aromatic N) is 2. The van der Waals surface area contributed by atoms with Gasteiger partial charge in [0.05, 0.1) is 17.1 Å². The van der Waals surface area contributed by atoms with Crippen LogP contribution in [0.3, 0.4) is 0 Å². The molecule has 2 N–H and O–H groups in total. The van der Waals surface area contributed by atoms with E-state index in [0.29, 0.717) is 31.0 Å². The van der Waals surface area contributed by atoms with E-state index in [2.05, 4.69) is 19.2 Å². The van der Waals surface area contributed by atoms with Crippen LogP contribution in [-0.2, 0) is 13.0 Å². The van der Waals surface area contributed by atoms with E-state index in [4.69, 9.17) is 11.6 Å². The van der Waals surface area contributed by atoms with Crippen molar-refractivity contribution >= 4 is 23.4 Å². The normalized spacial score (nSPS) is 25.6. The van der Waals surface area contributed by atoms with Gasteiger partial charge in [-0.1, -0.05) is 37.6 Å². The predicted molar refractivity (Wildman–Crippen MR) is 115 cm³/mol. The molecule has 7 nitrogen and oxygen atoms in total. The van der Waals surface area contributed by atoms with Gasteiger partial charge in [-0.15, -0.1) is 0 Å². The summed E-state index contributed by atoms with van der Waals surface area (Å²) in [6, 6.07) is 4.33. The minimum absolute atomic E-state index is 0.0255. The summed E-state index contributed by atoms with van der Waals surface area (Å²) < 4.78 is 15.9. The molecule has 1 fully saturated rings. The fourth-order valence-electron chi connectivity index (χ4n) is 5.59. The lowest BCUT2D eigenvalue weighted by molar-refractivity contribution is 0.0577. The molecule has 1 saturated heterocycles. The highest BCUT2D eigenvalue weighted by atomic mass is 35.5. The molecule has 3 aliphatic rings. The van der Waals surface area contributed by atoms with Gasteiger partial charge < -0.3 is 19.9 Å². The van der Waals surface area contributed by atoms with Crippen molar-refractivity contribution in [3.05, 3.63) is 61.8 Å². The van der Waals surface area contributed by atoms with Crippen LogP contribution < -0.4 is 10.7 Å². The second kappa shape index (κ2) is 7.33. The third-order valence-corrected chi connectivity index (χ3v) is 7.62. The molecule has 3 aliphatic heterocycles. The molecule has 0 radical (unpaired) electrons. The summed E-state index contributed by atoms with van der Waals surface area (Å²) in [5.41, 5.74) is -0.444. The molecule has 0 aliphatic carbocycles. The third kappa shape index (κ3) is 2.81. The summed E-state index contributed by atoms with van der Waals surface area (Å²) in [4.78, 5) is 41.0. The van der Waals surface area contributed by atoms with Crippen LogP contribution >= 0.6 is 11.6 Å². The van der Waals surface area contributed by atoms with Crippen LogP contribution in [-0.4, -0.2) is 39.0 Å². The Morgan fingerprint density at radius 1 is 1.31 bits per heavy atom. The van der Waals surface area contributed by atoms with Gasteiger partial charge in [0.1, 0.15) is 11.4 Å². The maximum absolute atomic E-state index is 14.2. The maximum Gasteiger partial charge on any atom is 0.274 e. The highest BCUT2D eigenvalue weighted by Crippen LogP contribution is 2.47. The summed E-state index contributed by atoms with van der Waals surface area (Å²) in [7, 11) is 0. The van der Waals surface area contributed by atoms with Gasteiger partial charge in [-0.25, -0.2) is 4.39 Å². The molecule has 2 amide bonds. The first-order valence-corrected chi connectivity index (χ1v) is 11.1. The number of aromatic hydroxyl groups is 1. The smallest absolute Gasteiger partial charge is 0.274 e. The highest BCUT2D eigenvalue weighted by Gasteiger charge is 2.52. The summed E-state index contributed by atoms with van der Waals surface area (Å²) in [5.74, 6) is -1.86. The number of nitrogens with one attached hydrogen (secondary N) is 1. The first-order valence-electron chi connectivity index (χ1n) is 10.7. The zero-order chi connectivity index (χ0) is 22.9. The Bertz CT molecular complexity index is 1230. The number of hydrogen-bond donors (Lipinski definition) is 2. The van der Waals surface area contributed by atoms with Gasteiger partial charge in [0.15, 0.2) is 11.4 Å². The van der Waals surface area contributed by atoms with E-state index in [-0.39, 0.29) is 52.3 Å². The fourth-order valence-corrected chi connectivity index (χ4v) is 5.79. The van der Waals surface area contributed by atoms with Crippen molar-refractivity contribution in [3.63, 3.8) is 0 Å². The number of hydrogen-bond acceptors (Lipinski definition) is 4. The molecule has 4 heterocycles. The topological polar surface area (TPSA) is 91.6 Å². The van der Waals surface area contributed by atoms with E-state index in [9.17, 15) is 23.9 Å². The monoisotopic (exact) mass is 459 g/mol. The first kappa shape index (κ1) is 21.0. The Labute approximate surface area is 188 Å². The Morgan fingerprint density at radius 2 is 2.06 bits per heavy atom. The average Bonchev–Trinajstić information content (AvgIpc) is 3.30. The molecule has 9 heteroatoms. The SMILES string of the molecule is CC1C2C3CCc4c(C(=O)NCc5cccc(Cl)c5F)c(=O)c(O)c(n43)C(=O)N2C[C@@H]1C. The average molecular weight is 460 g/mol. The van der Waals surface area contributed by atoms with Crippen LogP contribution in [0.5, 0.6) is 5.75 Å². The zero-order valence-electron chi connectivity index (χ0n) is 17.7. The van der Waals surface area contributed by atoms with Gasteiger partial charge in [0, 0.05) is 24.3 Å². The summed E-state index contributed by atoms with van der Waals surface area (Å²) in [6.07, 6.45) is 1.12. The van der Waals surface area contributed by atoms with Crippen molar-refractivity contribution in [1.82, 2.24) is 14.8 Å². The number of pyridine rings is 1. The van der Waals surface area contributed by atoms with Crippen LogP contribution in [0.15, 0.2) is 23.0 Å². The lowest BCUT2D eigenvalue weighted by Gasteiger charge is -2.39. The lowest BCUT2D eigenvalue weighted by atomic mass is 9.88. The number of benzene rings is 1. The molecular formula is C23H23ClFN3O4. The van der Waals surface area contributed by atoms with Crippen LogP contribution in [0, 0.1) is 17.7 Å². The van der Waals surface area contributed by atoms with Crippen molar-refractivity contribution in [3.8, 4) is 5.75 Å². The number of halogens is 2. The molecule has 1 aromatic carbocycles. The van der Waals surface area contributed by atoms with Crippen molar-refractivity contribution in [2.24, 2.45) is 11.8 Å². The van der Waals surface area contributed by atoms with Gasteiger partial charge in [0.25, 0.3) is 11.8 Å². The Balaban J connectivity index is 1.55. The molecule has 3 unspecified atom stereocenters. The van der Waals surface area contributed by atoms with Crippen LogP contribution in [0.2, 0.25) is 5.02 Å². The first-order chi connectivity index (χ1) is 15.2. The Kier molecular flexibility index (Phi) is 4.81. The second-order valence-electron chi connectivity index (χ2n) is 9.00. The zero-order valence-corrected chi connectivity index (χ0v) is 18.4. The van der Waals surface area contributed by atoms with Crippen molar-refractivity contribution in [1.29, 1.82) is 0 Å². The largest absolute Gasteiger partial charge is 0.503 e. The van der Waals surface area contributed by atoms with Crippen LogP contribution in [0.4, 0.5) is 4.39 Å². The minimum Gasteiger partial charge on any atom is -0.503 e. The molecule has 1 aromatic heterocycles. The lowest BCUT2D eigenvalue weighted by Crippen LogP contribution is -2.49. The molecule has 2 aromatic rings. The number of carbonyl (C=O) groups excluding carboxylic acids is 2. The fraction of sp³-hybridized carbons (Fsp3) is 0.435. The second-order valence-corrected chi connectivity index (χ2v) is 9.41. The minimum atomic E-state index is -0.872. The molecule has 0 spiro atoms. The summed E-state index contributed by atoms with van der Waals surface area (Å²) in [6.45, 7) is 4.62. The van der Waals surface area contributed by atoms with Gasteiger partial charge >= 0.3 is 0 Å². The van der Waals surface area contributed by atoms with Crippen LogP contribution in [0.1, 0.15) is 58.4 Å². The van der Waals surface area contributed by atoms with Crippen molar-refractivity contribution in [2.45, 2.75) is 45.3 Å². The maximum atomic E-state index is 14.2. The van der Waals surface area contributed by atoms with E-state index in [1.54, 1.807) is 15.5 Å². The number of aromatic nitrogens is 1. The number of carbonyl (C=O) groups is 2. The van der Waals surface area contributed by atoms with Crippen LogP contribution in [0.25, 0.3) is 0 Å². The van der Waals surface area contributed by atoms with E-state index >= 15 is 0 Å². The van der Waals surface area contributed by atoms with Gasteiger partial charge in [0.2, 0.25) is 5.43 Å². The standard InChI is InChI=1S/C23H23ClFN3O4/c1-10-9-27-18(11(10)2)15-7-6-14-16(20(29)21(30)19(23(27)32)28(14)15)22(31)26-8-12-4-3-5-13(24)17(12)25/h3-5,10-11,15,18,30H,6-9H2,1-2H3,(H,26,31)/t10-,11?,15?,18?/m0/s1. The molecule has 0 saturated carbocycles. The molecule has 4 atom stereocenters. The quantitative estimate of drug-likeness (QED) is 0.738. The van der Waals surface area contributed by atoms with Crippen molar-refractivity contribution in [2.75, 3.05) is 6.54 Å². The molecule has 0 bridgehead atoms. The molecular weight excluding hydrogens is 437 g/mol. The highest BCUT2D eigenvalue weighted by molar-refractivity contribution is 6.30. The number of fused-ring (bicyclic) bond motifs is 2. The van der Waals surface area contributed by atoms with Gasteiger partial charge in [-0.2, -0.15) is 0 Å². The number of amides is 2. The molecule has 5 rings (SSSR count). The Morgan fingerprint density at radius 3 is 2.81 bits per heavy atom.